The Hall–Kier alpha value is -4.04. The van der Waals surface area contributed by atoms with Crippen molar-refractivity contribution in [3.8, 4) is 11.1 Å². The number of hydrogen-bond acceptors (Lipinski definition) is 2. The van der Waals surface area contributed by atoms with Gasteiger partial charge in [0.15, 0.2) is 0 Å². The van der Waals surface area contributed by atoms with Gasteiger partial charge in [0.1, 0.15) is 11.3 Å². The van der Waals surface area contributed by atoms with Crippen LogP contribution in [0, 0.1) is 6.92 Å². The molecule has 7 rings (SSSR count). The minimum Gasteiger partial charge on any atom is -0.460 e. The van der Waals surface area contributed by atoms with Crippen molar-refractivity contribution in [2.75, 3.05) is 0 Å². The van der Waals surface area contributed by atoms with Crippen LogP contribution in [0.15, 0.2) is 113 Å². The van der Waals surface area contributed by atoms with Gasteiger partial charge in [-0.05, 0) is 90.8 Å². The maximum Gasteiger partial charge on any atom is 0.135 e. The molecule has 2 nitrogen and oxygen atoms in total. The molecule has 3 aliphatic carbocycles. The number of furan rings is 1. The van der Waals surface area contributed by atoms with Crippen molar-refractivity contribution in [2.24, 2.45) is 0 Å². The van der Waals surface area contributed by atoms with Crippen LogP contribution in [0.5, 0.6) is 0 Å². The second-order valence-electron chi connectivity index (χ2n) is 10.3. The normalized spacial score (nSPS) is 16.9. The number of rotatable bonds is 4. The van der Waals surface area contributed by atoms with E-state index < -0.39 is 0 Å². The van der Waals surface area contributed by atoms with Crippen LogP contribution < -0.4 is 0 Å². The fourth-order valence-corrected chi connectivity index (χ4v) is 6.12. The lowest BCUT2D eigenvalue weighted by molar-refractivity contribution is 0.528. The number of benzene rings is 3. The van der Waals surface area contributed by atoms with Gasteiger partial charge in [-0.25, -0.2) is 0 Å². The Morgan fingerprint density at radius 1 is 0.784 bits per heavy atom. The Bertz CT molecular complexity index is 1690. The molecule has 0 amide bonds. The fraction of sp³-hybridized carbons (Fsp3) is 0.200. The molecule has 0 saturated carbocycles. The molecule has 182 valence electrons. The molecule has 4 aromatic rings. The van der Waals surface area contributed by atoms with Crippen LogP contribution in [0.2, 0.25) is 0 Å². The first-order chi connectivity index (χ1) is 18.3. The van der Waals surface area contributed by atoms with Crippen LogP contribution in [0.4, 0.5) is 0 Å². The van der Waals surface area contributed by atoms with Crippen LogP contribution in [0.3, 0.4) is 0 Å². The molecule has 0 atom stereocenters. The summed E-state index contributed by atoms with van der Waals surface area (Å²) in [4.78, 5) is 2.50. The lowest BCUT2D eigenvalue weighted by atomic mass is 9.92. The Labute approximate surface area is 218 Å². The molecule has 1 aromatic heterocycles. The zero-order valence-corrected chi connectivity index (χ0v) is 21.3. The topological polar surface area (TPSA) is 16.4 Å². The monoisotopic (exact) mass is 481 g/mol. The predicted octanol–water partition coefficient (Wildman–Crippen LogP) is 9.62. The van der Waals surface area contributed by atoms with E-state index in [9.17, 15) is 0 Å². The van der Waals surface area contributed by atoms with Crippen LogP contribution >= 0.6 is 0 Å². The molecule has 0 unspecified atom stereocenters. The van der Waals surface area contributed by atoms with E-state index in [0.29, 0.717) is 0 Å². The number of allylic oxidation sites excluding steroid dienone is 8. The fourth-order valence-electron chi connectivity index (χ4n) is 6.12. The maximum absolute atomic E-state index is 6.50. The molecule has 0 spiro atoms. The third-order valence-electron chi connectivity index (χ3n) is 7.93. The minimum absolute atomic E-state index is 0.942. The first kappa shape index (κ1) is 22.2. The number of hydrogen-bond donors (Lipinski definition) is 0. The van der Waals surface area contributed by atoms with Gasteiger partial charge in [-0.15, -0.1) is 0 Å². The summed E-state index contributed by atoms with van der Waals surface area (Å²) < 4.78 is 6.50. The molecule has 0 aliphatic heterocycles. The van der Waals surface area contributed by atoms with Crippen molar-refractivity contribution in [2.45, 2.75) is 45.4 Å². The second kappa shape index (κ2) is 9.12. The molecule has 1 heterocycles. The first-order valence-corrected chi connectivity index (χ1v) is 13.5. The highest BCUT2D eigenvalue weighted by atomic mass is 16.3. The van der Waals surface area contributed by atoms with Gasteiger partial charge in [-0.1, -0.05) is 72.8 Å². The van der Waals surface area contributed by atoms with Crippen molar-refractivity contribution in [3.05, 3.63) is 125 Å². The summed E-state index contributed by atoms with van der Waals surface area (Å²) in [5, 5.41) is 3.82. The van der Waals surface area contributed by atoms with Crippen molar-refractivity contribution in [1.82, 2.24) is 4.90 Å². The number of fused-ring (bicyclic) bond motifs is 4. The quantitative estimate of drug-likeness (QED) is 0.288. The van der Waals surface area contributed by atoms with E-state index in [-0.39, 0.29) is 0 Å². The second-order valence-corrected chi connectivity index (χ2v) is 10.3. The molecule has 0 radical (unpaired) electrons. The number of aryl methyl sites for hydroxylation is 2. The Balaban J connectivity index is 1.41. The molecule has 0 saturated heterocycles. The van der Waals surface area contributed by atoms with E-state index >= 15 is 0 Å². The Kier molecular flexibility index (Phi) is 5.47. The molecule has 3 aromatic carbocycles. The summed E-state index contributed by atoms with van der Waals surface area (Å²) >= 11 is 0. The summed E-state index contributed by atoms with van der Waals surface area (Å²) in [5.41, 5.74) is 9.96. The summed E-state index contributed by atoms with van der Waals surface area (Å²) in [7, 11) is 0. The highest BCUT2D eigenvalue weighted by Gasteiger charge is 2.28. The summed E-state index contributed by atoms with van der Waals surface area (Å²) in [5.74, 6) is 1.11. The van der Waals surface area contributed by atoms with E-state index in [1.165, 1.54) is 55.5 Å². The molecule has 0 N–H and O–H groups in total. The zero-order chi connectivity index (χ0) is 24.8. The minimum atomic E-state index is 0.942. The van der Waals surface area contributed by atoms with Crippen molar-refractivity contribution < 1.29 is 4.42 Å². The smallest absolute Gasteiger partial charge is 0.135 e. The average Bonchev–Trinajstić information content (AvgIpc) is 3.33. The molecule has 0 bridgehead atoms. The van der Waals surface area contributed by atoms with Crippen LogP contribution in [-0.4, -0.2) is 4.90 Å². The summed E-state index contributed by atoms with van der Waals surface area (Å²) in [6, 6.07) is 20.0. The lowest BCUT2D eigenvalue weighted by Crippen LogP contribution is -2.23. The Morgan fingerprint density at radius 2 is 1.70 bits per heavy atom. The van der Waals surface area contributed by atoms with Gasteiger partial charge in [-0.3, -0.25) is 0 Å². The van der Waals surface area contributed by atoms with Gasteiger partial charge in [0.05, 0.1) is 5.70 Å². The van der Waals surface area contributed by atoms with E-state index in [1.54, 1.807) is 0 Å². The van der Waals surface area contributed by atoms with Crippen LogP contribution in [0.25, 0.3) is 38.6 Å². The summed E-state index contributed by atoms with van der Waals surface area (Å²) in [6.45, 7) is 2.19. The third kappa shape index (κ3) is 3.79. The molecule has 37 heavy (non-hydrogen) atoms. The van der Waals surface area contributed by atoms with Crippen molar-refractivity contribution >= 4 is 27.4 Å². The first-order valence-electron chi connectivity index (χ1n) is 13.5. The van der Waals surface area contributed by atoms with Gasteiger partial charge >= 0.3 is 0 Å². The van der Waals surface area contributed by atoms with Gasteiger partial charge in [0.25, 0.3) is 0 Å². The van der Waals surface area contributed by atoms with E-state index in [2.05, 4.69) is 109 Å². The summed E-state index contributed by atoms with van der Waals surface area (Å²) in [6.07, 6.45) is 22.4. The average molecular weight is 482 g/mol. The molecular weight excluding hydrogens is 450 g/mol. The standard InChI is InChI=1S/C35H31NO/c1-24-19-21-29(30-16-9-8-15-28(24)30)25-20-22-33-31(23-25)35-32(17-10-18-34(35)37-33)36(26-11-4-2-5-12-26)27-13-6-3-7-14-27/h2,4,6,8-9,11,13-17,19-23H,3,5,7,10,12,18H2,1H3. The van der Waals surface area contributed by atoms with Crippen LogP contribution in [-0.2, 0) is 6.42 Å². The van der Waals surface area contributed by atoms with Crippen molar-refractivity contribution in [3.63, 3.8) is 0 Å². The molecule has 3 aliphatic rings. The highest BCUT2D eigenvalue weighted by molar-refractivity contribution is 6.02. The van der Waals surface area contributed by atoms with Gasteiger partial charge in [0, 0.05) is 28.8 Å². The predicted molar refractivity (Wildman–Crippen MR) is 155 cm³/mol. The third-order valence-corrected chi connectivity index (χ3v) is 7.93. The molecule has 2 heteroatoms. The van der Waals surface area contributed by atoms with Gasteiger partial charge in [0.2, 0.25) is 0 Å². The van der Waals surface area contributed by atoms with Crippen molar-refractivity contribution in [1.29, 1.82) is 0 Å². The van der Waals surface area contributed by atoms with E-state index in [0.717, 1.165) is 49.9 Å². The highest BCUT2D eigenvalue weighted by Crippen LogP contribution is 2.43. The Morgan fingerprint density at radius 3 is 2.54 bits per heavy atom. The van der Waals surface area contributed by atoms with Crippen LogP contribution in [0.1, 0.15) is 49.0 Å². The SMILES string of the molecule is Cc1ccc(-c2ccc3oc4c(c3c2)C(N(C2=CCCC=C2)C2=CC=CCC2)=CCC4)c2ccccc12. The number of nitrogens with zero attached hydrogens (tertiary/aromatic N) is 1. The van der Waals surface area contributed by atoms with Gasteiger partial charge in [-0.2, -0.15) is 0 Å². The zero-order valence-electron chi connectivity index (χ0n) is 21.3. The van der Waals surface area contributed by atoms with Gasteiger partial charge < -0.3 is 9.32 Å². The van der Waals surface area contributed by atoms with E-state index in [4.69, 9.17) is 4.42 Å². The van der Waals surface area contributed by atoms with E-state index in [1.807, 2.05) is 0 Å². The largest absolute Gasteiger partial charge is 0.460 e. The molecular formula is C35H31NO. The molecule has 0 fully saturated rings. The maximum atomic E-state index is 6.50. The lowest BCUT2D eigenvalue weighted by Gasteiger charge is -2.34.